The number of rotatable bonds is 16. The highest BCUT2D eigenvalue weighted by molar-refractivity contribution is 6.02. The molecule has 4 aromatic carbocycles. The Hall–Kier alpha value is -6.44. The van der Waals surface area contributed by atoms with Crippen LogP contribution in [0.2, 0.25) is 0 Å². The average Bonchev–Trinajstić information content (AvgIpc) is 3.70. The summed E-state index contributed by atoms with van der Waals surface area (Å²) >= 11 is 0. The number of ether oxygens (including phenoxy) is 9. The van der Waals surface area contributed by atoms with Gasteiger partial charge in [0.1, 0.15) is 17.6 Å². The Labute approximate surface area is 306 Å². The lowest BCUT2D eigenvalue weighted by molar-refractivity contribution is 0.0935. The molecule has 53 heavy (non-hydrogen) atoms. The van der Waals surface area contributed by atoms with Gasteiger partial charge in [0.15, 0.2) is 40.3 Å². The minimum atomic E-state index is -0.455. The second kappa shape index (κ2) is 16.3. The van der Waals surface area contributed by atoms with Crippen LogP contribution in [0.25, 0.3) is 22.6 Å². The Bertz CT molecular complexity index is 2030. The van der Waals surface area contributed by atoms with E-state index in [0.29, 0.717) is 105 Å². The van der Waals surface area contributed by atoms with Gasteiger partial charge in [-0.15, -0.1) is 0 Å². The van der Waals surface area contributed by atoms with Gasteiger partial charge in [-0.25, -0.2) is 0 Å². The van der Waals surface area contributed by atoms with Crippen molar-refractivity contribution in [1.29, 1.82) is 0 Å². The van der Waals surface area contributed by atoms with E-state index in [1.54, 1.807) is 92.2 Å². The van der Waals surface area contributed by atoms with Crippen LogP contribution in [0.4, 0.5) is 5.69 Å². The average molecular weight is 728 g/mol. The lowest BCUT2D eigenvalue weighted by Gasteiger charge is -2.28. The van der Waals surface area contributed by atoms with Gasteiger partial charge in [-0.1, -0.05) is 11.2 Å². The van der Waals surface area contributed by atoms with E-state index in [1.165, 1.54) is 0 Å². The summed E-state index contributed by atoms with van der Waals surface area (Å²) in [4.78, 5) is 12.8. The first kappa shape index (κ1) is 36.4. The number of nitrogens with zero attached hydrogens (tertiary/aromatic N) is 1. The van der Waals surface area contributed by atoms with E-state index in [1.807, 2.05) is 24.3 Å². The van der Waals surface area contributed by atoms with Crippen LogP contribution in [0.1, 0.15) is 28.5 Å². The number of carbonyl (C=O) groups excluding carboxylic acids is 1. The number of hydrogen-bond donors (Lipinski definition) is 2. The van der Waals surface area contributed by atoms with Crippen LogP contribution in [0.3, 0.4) is 0 Å². The molecule has 0 aliphatic carbocycles. The number of carbonyl (C=O) groups is 1. The van der Waals surface area contributed by atoms with Crippen molar-refractivity contribution in [1.82, 2.24) is 10.5 Å². The number of benzene rings is 4. The molecule has 1 unspecified atom stereocenters. The number of methoxy groups -OCH3 is 7. The van der Waals surface area contributed by atoms with Crippen molar-refractivity contribution in [3.05, 3.63) is 77.9 Å². The van der Waals surface area contributed by atoms with Crippen molar-refractivity contribution in [3.63, 3.8) is 0 Å². The molecule has 14 nitrogen and oxygen atoms in total. The lowest BCUT2D eigenvalue weighted by atomic mass is 10.0. The molecule has 1 aliphatic rings. The van der Waals surface area contributed by atoms with Gasteiger partial charge in [0, 0.05) is 29.3 Å². The summed E-state index contributed by atoms with van der Waals surface area (Å²) in [5, 5.41) is 10.6. The number of amides is 1. The largest absolute Gasteiger partial charge is 0.497 e. The topological polar surface area (TPSA) is 150 Å². The number of hydrogen-bond acceptors (Lipinski definition) is 13. The van der Waals surface area contributed by atoms with Crippen molar-refractivity contribution < 1.29 is 51.9 Å². The fraction of sp³-hybridized carbons (Fsp3) is 0.282. The second-order valence-electron chi connectivity index (χ2n) is 11.6. The van der Waals surface area contributed by atoms with E-state index in [-0.39, 0.29) is 5.91 Å². The summed E-state index contributed by atoms with van der Waals surface area (Å²) < 4.78 is 56.6. The van der Waals surface area contributed by atoms with Gasteiger partial charge in [-0.3, -0.25) is 4.79 Å². The van der Waals surface area contributed by atoms with Gasteiger partial charge in [0.25, 0.3) is 5.91 Å². The third kappa shape index (κ3) is 7.61. The van der Waals surface area contributed by atoms with Gasteiger partial charge in [0.05, 0.1) is 68.5 Å². The summed E-state index contributed by atoms with van der Waals surface area (Å²) in [5.74, 6) is 4.78. The Morgan fingerprint density at radius 2 is 1.25 bits per heavy atom. The molecule has 278 valence electrons. The van der Waals surface area contributed by atoms with Crippen molar-refractivity contribution >= 4 is 11.6 Å². The predicted octanol–water partition coefficient (Wildman–Crippen LogP) is 6.77. The second-order valence-corrected chi connectivity index (χ2v) is 11.6. The van der Waals surface area contributed by atoms with Crippen LogP contribution in [-0.2, 0) is 0 Å². The summed E-state index contributed by atoms with van der Waals surface area (Å²) in [6, 6.07) is 19.8. The summed E-state index contributed by atoms with van der Waals surface area (Å²) in [6.07, 6.45) is 0.0866. The van der Waals surface area contributed by atoms with Crippen molar-refractivity contribution in [2.75, 3.05) is 68.3 Å². The molecule has 14 heteroatoms. The molecule has 2 N–H and O–H groups in total. The van der Waals surface area contributed by atoms with E-state index in [2.05, 4.69) is 15.8 Å². The van der Waals surface area contributed by atoms with E-state index in [4.69, 9.17) is 47.2 Å². The van der Waals surface area contributed by atoms with Crippen LogP contribution in [0.15, 0.2) is 71.3 Å². The van der Waals surface area contributed by atoms with Crippen LogP contribution < -0.4 is 53.3 Å². The van der Waals surface area contributed by atoms with Crippen LogP contribution in [-0.4, -0.2) is 74.0 Å². The molecule has 1 aliphatic heterocycles. The quantitative estimate of drug-likeness (QED) is 0.103. The molecule has 0 saturated heterocycles. The first-order chi connectivity index (χ1) is 25.8. The highest BCUT2D eigenvalue weighted by atomic mass is 16.5. The molecule has 0 radical (unpaired) electrons. The molecule has 0 saturated carbocycles. The first-order valence-corrected chi connectivity index (χ1v) is 16.6. The number of fused-ring (bicyclic) bond motifs is 1. The SMILES string of the molecule is COc1ccc2c(c1)C(=O)NC(c1ccc(OCCCOc3c(OC)cc(-c4cc(-c5cc(OC)c(OC)c(OC)c5)no4)cc3OC)c(OC)c1)N2. The summed E-state index contributed by atoms with van der Waals surface area (Å²) in [5.41, 5.74) is 3.97. The molecular weight excluding hydrogens is 686 g/mol. The maximum Gasteiger partial charge on any atom is 0.255 e. The Morgan fingerprint density at radius 1 is 0.604 bits per heavy atom. The van der Waals surface area contributed by atoms with Gasteiger partial charge in [0.2, 0.25) is 11.5 Å². The molecule has 0 spiro atoms. The highest BCUT2D eigenvalue weighted by Crippen LogP contribution is 2.44. The van der Waals surface area contributed by atoms with Gasteiger partial charge in [-0.05, 0) is 60.2 Å². The van der Waals surface area contributed by atoms with E-state index in [0.717, 1.165) is 5.56 Å². The van der Waals surface area contributed by atoms with Crippen molar-refractivity contribution in [2.24, 2.45) is 0 Å². The highest BCUT2D eigenvalue weighted by Gasteiger charge is 2.26. The summed E-state index contributed by atoms with van der Waals surface area (Å²) in [7, 11) is 10.9. The summed E-state index contributed by atoms with van der Waals surface area (Å²) in [6.45, 7) is 0.649. The smallest absolute Gasteiger partial charge is 0.255 e. The fourth-order valence-corrected chi connectivity index (χ4v) is 5.87. The third-order valence-corrected chi connectivity index (χ3v) is 8.58. The monoisotopic (exact) mass is 727 g/mol. The van der Waals surface area contributed by atoms with E-state index in [9.17, 15) is 4.79 Å². The molecule has 0 bridgehead atoms. The Morgan fingerprint density at radius 3 is 1.89 bits per heavy atom. The standard InChI is InChI=1S/C39H41N3O11/c1-44-25-10-11-27-26(20-25)39(43)41-38(40-27)22-9-12-29(31(15-22)45-2)51-13-8-14-52-37-34(48-5)18-24(19-35(37)49-6)30-21-28(42-53-30)23-16-32(46-3)36(50-7)33(17-23)47-4/h9-12,15-21,38,40H,8,13-14H2,1-7H3,(H,41,43). The van der Waals surface area contributed by atoms with E-state index < -0.39 is 6.17 Å². The minimum Gasteiger partial charge on any atom is -0.497 e. The van der Waals surface area contributed by atoms with E-state index >= 15 is 0 Å². The Kier molecular flexibility index (Phi) is 11.2. The predicted molar refractivity (Wildman–Crippen MR) is 196 cm³/mol. The normalized spacial score (nSPS) is 13.2. The number of aromatic nitrogens is 1. The third-order valence-electron chi connectivity index (χ3n) is 8.58. The van der Waals surface area contributed by atoms with Crippen molar-refractivity contribution in [3.8, 4) is 74.3 Å². The number of nitrogens with one attached hydrogen (secondary N) is 2. The van der Waals surface area contributed by atoms with Crippen molar-refractivity contribution in [2.45, 2.75) is 12.6 Å². The molecule has 0 fully saturated rings. The zero-order chi connectivity index (χ0) is 37.5. The Balaban J connectivity index is 1.09. The van der Waals surface area contributed by atoms with Gasteiger partial charge >= 0.3 is 0 Å². The van der Waals surface area contributed by atoms with Gasteiger partial charge < -0.3 is 57.8 Å². The molecular formula is C39H41N3O11. The lowest BCUT2D eigenvalue weighted by Crippen LogP contribution is -2.38. The van der Waals surface area contributed by atoms with Crippen LogP contribution in [0, 0.1) is 0 Å². The van der Waals surface area contributed by atoms with Crippen LogP contribution in [0.5, 0.6) is 51.7 Å². The molecule has 2 heterocycles. The molecule has 5 aromatic rings. The maximum absolute atomic E-state index is 12.8. The zero-order valence-corrected chi connectivity index (χ0v) is 30.5. The molecule has 1 aromatic heterocycles. The molecule has 1 atom stereocenters. The molecule has 1 amide bonds. The van der Waals surface area contributed by atoms with Gasteiger partial charge in [-0.2, -0.15) is 0 Å². The maximum atomic E-state index is 12.8. The zero-order valence-electron chi connectivity index (χ0n) is 30.5. The first-order valence-electron chi connectivity index (χ1n) is 16.6. The fourth-order valence-electron chi connectivity index (χ4n) is 5.87. The minimum absolute atomic E-state index is 0.204. The number of anilines is 1. The molecule has 6 rings (SSSR count). The van der Waals surface area contributed by atoms with Crippen LogP contribution >= 0.6 is 0 Å².